The van der Waals surface area contributed by atoms with Crippen molar-refractivity contribution in [1.29, 1.82) is 0 Å². The first-order valence-corrected chi connectivity index (χ1v) is 4.61. The van der Waals surface area contributed by atoms with Crippen molar-refractivity contribution in [3.05, 3.63) is 24.0 Å². The van der Waals surface area contributed by atoms with E-state index in [-0.39, 0.29) is 11.9 Å². The van der Waals surface area contributed by atoms with Gasteiger partial charge < -0.3 is 15.2 Å². The molecule has 14 heavy (non-hydrogen) atoms. The highest BCUT2D eigenvalue weighted by Gasteiger charge is 2.16. The molecule has 2 N–H and O–H groups in total. The lowest BCUT2D eigenvalue weighted by Crippen LogP contribution is -2.19. The van der Waals surface area contributed by atoms with Crippen LogP contribution in [0, 0.1) is 5.82 Å². The third kappa shape index (κ3) is 1.96. The van der Waals surface area contributed by atoms with Gasteiger partial charge in [0.05, 0.1) is 0 Å². The van der Waals surface area contributed by atoms with Crippen LogP contribution in [0.3, 0.4) is 0 Å². The van der Waals surface area contributed by atoms with Crippen LogP contribution in [-0.2, 0) is 0 Å². The van der Waals surface area contributed by atoms with Gasteiger partial charge in [0.15, 0.2) is 11.6 Å². The number of benzene rings is 1. The van der Waals surface area contributed by atoms with E-state index in [0.29, 0.717) is 5.75 Å². The van der Waals surface area contributed by atoms with E-state index in [1.165, 1.54) is 12.1 Å². The van der Waals surface area contributed by atoms with Crippen molar-refractivity contribution in [2.24, 2.45) is 0 Å². The molecule has 1 aromatic carbocycles. The van der Waals surface area contributed by atoms with Gasteiger partial charge in [0.25, 0.3) is 0 Å². The molecule has 1 atom stereocenters. The fourth-order valence-corrected chi connectivity index (χ4v) is 1.48. The van der Waals surface area contributed by atoms with E-state index >= 15 is 0 Å². The minimum atomic E-state index is -0.645. The van der Waals surface area contributed by atoms with E-state index < -0.39 is 5.82 Å². The fraction of sp³-hybridized carbons (Fsp3) is 0.400. The lowest BCUT2D eigenvalue weighted by atomic mass is 10.3. The predicted octanol–water partition coefficient (Wildman–Crippen LogP) is 1.27. The summed E-state index contributed by atoms with van der Waals surface area (Å²) in [4.78, 5) is 0. The van der Waals surface area contributed by atoms with E-state index in [1.807, 2.05) is 0 Å². The van der Waals surface area contributed by atoms with Crippen LogP contribution in [0.4, 0.5) is 4.39 Å². The summed E-state index contributed by atoms with van der Waals surface area (Å²) in [6, 6.07) is 4.07. The topological polar surface area (TPSA) is 41.5 Å². The van der Waals surface area contributed by atoms with Crippen LogP contribution >= 0.6 is 0 Å². The minimum Gasteiger partial charge on any atom is -0.505 e. The number of phenolic OH excluding ortho intramolecular Hbond substituents is 1. The largest absolute Gasteiger partial charge is 0.505 e. The van der Waals surface area contributed by atoms with Gasteiger partial charge in [0.2, 0.25) is 0 Å². The number of aromatic hydroxyl groups is 1. The zero-order chi connectivity index (χ0) is 9.97. The van der Waals surface area contributed by atoms with Crippen LogP contribution in [0.15, 0.2) is 18.2 Å². The summed E-state index contributed by atoms with van der Waals surface area (Å²) in [7, 11) is 0. The fourth-order valence-electron chi connectivity index (χ4n) is 1.48. The number of ether oxygens (including phenoxy) is 1. The summed E-state index contributed by atoms with van der Waals surface area (Å²) in [5.41, 5.74) is 0. The molecule has 1 heterocycles. The number of halogens is 1. The second kappa shape index (κ2) is 3.84. The molecule has 76 valence electrons. The molecule has 1 unspecified atom stereocenters. The second-order valence-electron chi connectivity index (χ2n) is 3.35. The van der Waals surface area contributed by atoms with Gasteiger partial charge in [-0.2, -0.15) is 0 Å². The van der Waals surface area contributed by atoms with Gasteiger partial charge in [0.1, 0.15) is 11.9 Å². The van der Waals surface area contributed by atoms with Crippen LogP contribution in [-0.4, -0.2) is 24.3 Å². The van der Waals surface area contributed by atoms with Crippen LogP contribution < -0.4 is 10.1 Å². The number of hydrogen-bond donors (Lipinski definition) is 2. The molecule has 3 nitrogen and oxygen atoms in total. The molecule has 2 rings (SSSR count). The highest BCUT2D eigenvalue weighted by Crippen LogP contribution is 2.22. The molecule has 1 aliphatic heterocycles. The first-order chi connectivity index (χ1) is 6.75. The maximum Gasteiger partial charge on any atom is 0.168 e. The van der Waals surface area contributed by atoms with E-state index in [2.05, 4.69) is 5.32 Å². The van der Waals surface area contributed by atoms with E-state index in [1.54, 1.807) is 6.07 Å². The highest BCUT2D eigenvalue weighted by atomic mass is 19.1. The SMILES string of the molecule is Oc1ccc(OC2CCNC2)cc1F. The molecule has 1 aliphatic rings. The molecular formula is C10H12FNO2. The molecule has 1 aromatic rings. The van der Waals surface area contributed by atoms with E-state index in [0.717, 1.165) is 19.5 Å². The van der Waals surface area contributed by atoms with Crippen LogP contribution in [0.25, 0.3) is 0 Å². The smallest absolute Gasteiger partial charge is 0.168 e. The molecular weight excluding hydrogens is 185 g/mol. The quantitative estimate of drug-likeness (QED) is 0.750. The van der Waals surface area contributed by atoms with Gasteiger partial charge in [0, 0.05) is 12.6 Å². The molecule has 0 saturated carbocycles. The number of rotatable bonds is 2. The third-order valence-corrected chi connectivity index (χ3v) is 2.24. The molecule has 0 aliphatic carbocycles. The summed E-state index contributed by atoms with van der Waals surface area (Å²) in [6.07, 6.45) is 1.04. The summed E-state index contributed by atoms with van der Waals surface area (Å²) < 4.78 is 18.4. The third-order valence-electron chi connectivity index (χ3n) is 2.24. The lowest BCUT2D eigenvalue weighted by Gasteiger charge is -2.12. The molecule has 1 fully saturated rings. The van der Waals surface area contributed by atoms with Gasteiger partial charge in [-0.25, -0.2) is 4.39 Å². The molecule has 0 spiro atoms. The lowest BCUT2D eigenvalue weighted by molar-refractivity contribution is 0.221. The highest BCUT2D eigenvalue weighted by molar-refractivity contribution is 5.32. The standard InChI is InChI=1S/C10H12FNO2/c11-9-5-7(1-2-10(9)13)14-8-3-4-12-6-8/h1-2,5,8,12-13H,3-4,6H2. The Morgan fingerprint density at radius 2 is 2.36 bits per heavy atom. The molecule has 0 bridgehead atoms. The van der Waals surface area contributed by atoms with Crippen LogP contribution in [0.1, 0.15) is 6.42 Å². The average Bonchev–Trinajstić information content (AvgIpc) is 2.64. The molecule has 0 aromatic heterocycles. The van der Waals surface area contributed by atoms with Gasteiger partial charge >= 0.3 is 0 Å². The Bertz CT molecular complexity index is 324. The number of hydrogen-bond acceptors (Lipinski definition) is 3. The van der Waals surface area contributed by atoms with Gasteiger partial charge in [-0.05, 0) is 25.1 Å². The second-order valence-corrected chi connectivity index (χ2v) is 3.35. The summed E-state index contributed by atoms with van der Waals surface area (Å²) >= 11 is 0. The summed E-state index contributed by atoms with van der Waals surface area (Å²) in [6.45, 7) is 1.73. The number of nitrogens with one attached hydrogen (secondary N) is 1. The van der Waals surface area contributed by atoms with Crippen molar-refractivity contribution in [3.8, 4) is 11.5 Å². The van der Waals surface area contributed by atoms with Gasteiger partial charge in [-0.3, -0.25) is 0 Å². The number of phenols is 1. The van der Waals surface area contributed by atoms with Crippen LogP contribution in [0.5, 0.6) is 11.5 Å². The Hall–Kier alpha value is -1.29. The maximum atomic E-state index is 12.9. The van der Waals surface area contributed by atoms with Crippen molar-refractivity contribution < 1.29 is 14.2 Å². The molecule has 1 saturated heterocycles. The normalized spacial score (nSPS) is 21.1. The summed E-state index contributed by atoms with van der Waals surface area (Å²) in [5, 5.41) is 12.1. The molecule has 0 amide bonds. The first-order valence-electron chi connectivity index (χ1n) is 4.61. The predicted molar refractivity (Wildman–Crippen MR) is 50.0 cm³/mol. The molecule has 0 radical (unpaired) electrons. The van der Waals surface area contributed by atoms with Crippen molar-refractivity contribution in [3.63, 3.8) is 0 Å². The van der Waals surface area contributed by atoms with Crippen molar-refractivity contribution >= 4 is 0 Å². The average molecular weight is 197 g/mol. The first kappa shape index (κ1) is 9.27. The summed E-state index contributed by atoms with van der Waals surface area (Å²) in [5.74, 6) is -0.524. The zero-order valence-electron chi connectivity index (χ0n) is 7.66. The zero-order valence-corrected chi connectivity index (χ0v) is 7.66. The molecule has 4 heteroatoms. The Morgan fingerprint density at radius 1 is 1.50 bits per heavy atom. The minimum absolute atomic E-state index is 0.110. The Balaban J connectivity index is 2.05. The Labute approximate surface area is 81.5 Å². The Morgan fingerprint density at radius 3 is 3.00 bits per heavy atom. The van der Waals surface area contributed by atoms with Crippen molar-refractivity contribution in [1.82, 2.24) is 5.32 Å². The van der Waals surface area contributed by atoms with Gasteiger partial charge in [-0.1, -0.05) is 0 Å². The van der Waals surface area contributed by atoms with Crippen molar-refractivity contribution in [2.45, 2.75) is 12.5 Å². The van der Waals surface area contributed by atoms with Crippen LogP contribution in [0.2, 0.25) is 0 Å². The maximum absolute atomic E-state index is 12.9. The van der Waals surface area contributed by atoms with Gasteiger partial charge in [-0.15, -0.1) is 0 Å². The Kier molecular flexibility index (Phi) is 2.54. The van der Waals surface area contributed by atoms with Crippen molar-refractivity contribution in [2.75, 3.05) is 13.1 Å². The monoisotopic (exact) mass is 197 g/mol. The van der Waals surface area contributed by atoms with E-state index in [9.17, 15) is 4.39 Å². The van der Waals surface area contributed by atoms with E-state index in [4.69, 9.17) is 9.84 Å².